The highest BCUT2D eigenvalue weighted by Crippen LogP contribution is 2.38. The molecular formula is C19H21N3O2. The van der Waals surface area contributed by atoms with Crippen LogP contribution in [0.4, 0.5) is 0 Å². The number of benzene rings is 1. The molecule has 0 spiro atoms. The molecule has 0 unspecified atom stereocenters. The maximum absolute atomic E-state index is 5.58. The van der Waals surface area contributed by atoms with Gasteiger partial charge in [0.2, 0.25) is 0 Å². The second-order valence-corrected chi connectivity index (χ2v) is 5.60. The van der Waals surface area contributed by atoms with Crippen molar-refractivity contribution < 1.29 is 9.47 Å². The van der Waals surface area contributed by atoms with Crippen molar-refractivity contribution in [2.45, 2.75) is 19.9 Å². The van der Waals surface area contributed by atoms with Gasteiger partial charge in [0, 0.05) is 31.3 Å². The summed E-state index contributed by atoms with van der Waals surface area (Å²) in [6, 6.07) is 8.08. The fraction of sp³-hybridized carbons (Fsp3) is 0.263. The lowest BCUT2D eigenvalue weighted by atomic mass is 10.1. The number of rotatable bonds is 6. The summed E-state index contributed by atoms with van der Waals surface area (Å²) < 4.78 is 13.2. The lowest BCUT2D eigenvalue weighted by molar-refractivity contribution is 0.355. The van der Waals surface area contributed by atoms with E-state index >= 15 is 0 Å². The third-order valence-electron chi connectivity index (χ3n) is 3.94. The minimum Gasteiger partial charge on any atom is -0.493 e. The maximum atomic E-state index is 5.58. The highest BCUT2D eigenvalue weighted by Gasteiger charge is 2.17. The minimum atomic E-state index is 0.705. The molecule has 0 aliphatic rings. The average molecular weight is 323 g/mol. The summed E-state index contributed by atoms with van der Waals surface area (Å²) in [6.07, 6.45) is 8.37. The molecule has 2 heterocycles. The van der Waals surface area contributed by atoms with E-state index in [1.165, 1.54) is 5.56 Å². The normalized spacial score (nSPS) is 10.6. The first-order valence-corrected chi connectivity index (χ1v) is 7.86. The Morgan fingerprint density at radius 3 is 2.71 bits per heavy atom. The molecule has 1 aromatic carbocycles. The van der Waals surface area contributed by atoms with Gasteiger partial charge >= 0.3 is 0 Å². The fourth-order valence-corrected chi connectivity index (χ4v) is 2.80. The van der Waals surface area contributed by atoms with E-state index < -0.39 is 0 Å². The molecule has 0 N–H and O–H groups in total. The molecule has 0 atom stereocenters. The number of nitrogens with zero attached hydrogens (tertiary/aromatic N) is 3. The van der Waals surface area contributed by atoms with Crippen LogP contribution in [0.5, 0.6) is 11.5 Å². The molecule has 3 rings (SSSR count). The largest absolute Gasteiger partial charge is 0.493 e. The van der Waals surface area contributed by atoms with Crippen molar-refractivity contribution in [3.63, 3.8) is 0 Å². The van der Waals surface area contributed by atoms with Crippen LogP contribution in [0.1, 0.15) is 11.1 Å². The van der Waals surface area contributed by atoms with Gasteiger partial charge in [0.05, 0.1) is 19.8 Å². The molecule has 0 fully saturated rings. The van der Waals surface area contributed by atoms with Crippen molar-refractivity contribution in [1.29, 1.82) is 0 Å². The SMILES string of the molecule is COc1cc(C)cc(-c2nccn2CCc2cccnc2)c1OC. The molecule has 5 heteroatoms. The van der Waals surface area contributed by atoms with Gasteiger partial charge in [-0.25, -0.2) is 4.98 Å². The number of ether oxygens (including phenoxy) is 2. The lowest BCUT2D eigenvalue weighted by Gasteiger charge is -2.15. The number of hydrogen-bond donors (Lipinski definition) is 0. The molecule has 0 aliphatic heterocycles. The van der Waals surface area contributed by atoms with Crippen molar-refractivity contribution in [3.05, 3.63) is 60.2 Å². The Labute approximate surface area is 141 Å². The standard InChI is InChI=1S/C19H21N3O2/c1-14-11-16(18(24-3)17(12-14)23-2)19-21-8-10-22(19)9-6-15-5-4-7-20-13-15/h4-5,7-8,10-13H,6,9H2,1-3H3. The van der Waals surface area contributed by atoms with Crippen molar-refractivity contribution in [2.75, 3.05) is 14.2 Å². The topological polar surface area (TPSA) is 49.2 Å². The second kappa shape index (κ2) is 7.17. The van der Waals surface area contributed by atoms with Crippen LogP contribution in [0.15, 0.2) is 49.1 Å². The van der Waals surface area contributed by atoms with E-state index in [1.54, 1.807) is 20.4 Å². The smallest absolute Gasteiger partial charge is 0.171 e. The molecule has 3 aromatic rings. The van der Waals surface area contributed by atoms with Gasteiger partial charge in [-0.15, -0.1) is 0 Å². The number of aryl methyl sites for hydroxylation is 3. The zero-order valence-corrected chi connectivity index (χ0v) is 14.2. The van der Waals surface area contributed by atoms with Crippen molar-refractivity contribution in [1.82, 2.24) is 14.5 Å². The summed E-state index contributed by atoms with van der Waals surface area (Å²) in [6.45, 7) is 2.86. The second-order valence-electron chi connectivity index (χ2n) is 5.60. The van der Waals surface area contributed by atoms with Crippen LogP contribution in [0.3, 0.4) is 0 Å². The van der Waals surface area contributed by atoms with Crippen molar-refractivity contribution in [2.24, 2.45) is 0 Å². The van der Waals surface area contributed by atoms with E-state index in [9.17, 15) is 0 Å². The Hall–Kier alpha value is -2.82. The zero-order valence-electron chi connectivity index (χ0n) is 14.2. The average Bonchev–Trinajstić information content (AvgIpc) is 3.08. The van der Waals surface area contributed by atoms with Crippen molar-refractivity contribution in [3.8, 4) is 22.9 Å². The van der Waals surface area contributed by atoms with Crippen LogP contribution >= 0.6 is 0 Å². The Kier molecular flexibility index (Phi) is 4.79. The van der Waals surface area contributed by atoms with E-state index in [1.807, 2.05) is 37.6 Å². The van der Waals surface area contributed by atoms with Gasteiger partial charge in [0.15, 0.2) is 11.5 Å². The maximum Gasteiger partial charge on any atom is 0.171 e. The van der Waals surface area contributed by atoms with Gasteiger partial charge in [-0.1, -0.05) is 6.07 Å². The first kappa shape index (κ1) is 16.1. The Morgan fingerprint density at radius 1 is 1.12 bits per heavy atom. The number of pyridine rings is 1. The van der Waals surface area contributed by atoms with Gasteiger partial charge < -0.3 is 14.0 Å². The van der Waals surface area contributed by atoms with Crippen LogP contribution < -0.4 is 9.47 Å². The Bertz CT molecular complexity index is 813. The van der Waals surface area contributed by atoms with E-state index in [4.69, 9.17) is 9.47 Å². The Balaban J connectivity index is 1.94. The van der Waals surface area contributed by atoms with Gasteiger partial charge in [-0.3, -0.25) is 4.98 Å². The lowest BCUT2D eigenvalue weighted by Crippen LogP contribution is -2.04. The fourth-order valence-electron chi connectivity index (χ4n) is 2.80. The third kappa shape index (κ3) is 3.25. The number of hydrogen-bond acceptors (Lipinski definition) is 4. The molecule has 0 bridgehead atoms. The first-order chi connectivity index (χ1) is 11.7. The van der Waals surface area contributed by atoms with E-state index in [0.29, 0.717) is 11.5 Å². The van der Waals surface area contributed by atoms with Crippen LogP contribution in [0, 0.1) is 6.92 Å². The number of aromatic nitrogens is 3. The van der Waals surface area contributed by atoms with Crippen LogP contribution in [-0.2, 0) is 13.0 Å². The predicted molar refractivity (Wildman–Crippen MR) is 93.4 cm³/mol. The van der Waals surface area contributed by atoms with Crippen LogP contribution in [0.25, 0.3) is 11.4 Å². The third-order valence-corrected chi connectivity index (χ3v) is 3.94. The highest BCUT2D eigenvalue weighted by atomic mass is 16.5. The minimum absolute atomic E-state index is 0.705. The van der Waals surface area contributed by atoms with Gasteiger partial charge in [-0.05, 0) is 42.7 Å². The predicted octanol–water partition coefficient (Wildman–Crippen LogP) is 3.51. The van der Waals surface area contributed by atoms with Gasteiger partial charge in [0.1, 0.15) is 5.82 Å². The van der Waals surface area contributed by atoms with Gasteiger partial charge in [0.25, 0.3) is 0 Å². The molecule has 24 heavy (non-hydrogen) atoms. The summed E-state index contributed by atoms with van der Waals surface area (Å²) >= 11 is 0. The Morgan fingerprint density at radius 2 is 2.00 bits per heavy atom. The molecule has 0 saturated heterocycles. The molecule has 0 radical (unpaired) electrons. The van der Waals surface area contributed by atoms with E-state index in [0.717, 1.165) is 29.9 Å². The monoisotopic (exact) mass is 323 g/mol. The summed E-state index contributed by atoms with van der Waals surface area (Å²) in [5, 5.41) is 0. The molecule has 0 amide bonds. The molecular weight excluding hydrogens is 302 g/mol. The number of methoxy groups -OCH3 is 2. The summed E-state index contributed by atoms with van der Waals surface area (Å²) in [5.41, 5.74) is 3.24. The van der Waals surface area contributed by atoms with Crippen LogP contribution in [-0.4, -0.2) is 28.8 Å². The highest BCUT2D eigenvalue weighted by molar-refractivity contribution is 5.70. The molecule has 2 aromatic heterocycles. The van der Waals surface area contributed by atoms with Gasteiger partial charge in [-0.2, -0.15) is 0 Å². The molecule has 0 saturated carbocycles. The molecule has 124 valence electrons. The summed E-state index contributed by atoms with van der Waals surface area (Å²) in [7, 11) is 3.30. The summed E-state index contributed by atoms with van der Waals surface area (Å²) in [5.74, 6) is 2.30. The quantitative estimate of drug-likeness (QED) is 0.696. The van der Waals surface area contributed by atoms with Crippen molar-refractivity contribution >= 4 is 0 Å². The zero-order chi connectivity index (χ0) is 16.9. The van der Waals surface area contributed by atoms with Crippen LogP contribution in [0.2, 0.25) is 0 Å². The van der Waals surface area contributed by atoms with E-state index in [-0.39, 0.29) is 0 Å². The summed E-state index contributed by atoms with van der Waals surface area (Å²) in [4.78, 5) is 8.70. The molecule has 5 nitrogen and oxygen atoms in total. The van der Waals surface area contributed by atoms with E-state index in [2.05, 4.69) is 26.7 Å². The first-order valence-electron chi connectivity index (χ1n) is 7.86. The number of imidazole rings is 1. The molecule has 0 aliphatic carbocycles.